The van der Waals surface area contributed by atoms with Crippen LogP contribution in [0.1, 0.15) is 41.3 Å². The van der Waals surface area contributed by atoms with Gasteiger partial charge in [0.2, 0.25) is 0 Å². The molecule has 2 heterocycles. The standard InChI is InChI=1S/C24H24N6O4/c1-3-18-20(14-25)22(13-19(24(31)32)16-5-7-17(8-6-16)30(33)34)27-23(21(18)15-26)29-10-4-9-28(2)11-12-29/h5-8,13H,3-4,9-12H2,1-2H3,(H,31,32)/b19-13-. The minimum Gasteiger partial charge on any atom is -0.478 e. The van der Waals surface area contributed by atoms with Crippen molar-refractivity contribution in [2.24, 2.45) is 0 Å². The van der Waals surface area contributed by atoms with Crippen LogP contribution in [0.4, 0.5) is 11.5 Å². The van der Waals surface area contributed by atoms with Crippen LogP contribution >= 0.6 is 0 Å². The summed E-state index contributed by atoms with van der Waals surface area (Å²) in [6.45, 7) is 4.84. The fourth-order valence-electron chi connectivity index (χ4n) is 4.00. The summed E-state index contributed by atoms with van der Waals surface area (Å²) in [6, 6.07) is 9.43. The van der Waals surface area contributed by atoms with Gasteiger partial charge in [0.05, 0.1) is 27.3 Å². The fraction of sp³-hybridized carbons (Fsp3) is 0.333. The molecule has 1 saturated heterocycles. The molecule has 1 aromatic heterocycles. The number of aliphatic carboxylic acids is 1. The van der Waals surface area contributed by atoms with Gasteiger partial charge in [-0.15, -0.1) is 0 Å². The summed E-state index contributed by atoms with van der Waals surface area (Å²) in [5, 5.41) is 40.6. The Morgan fingerprint density at radius 1 is 1.18 bits per heavy atom. The molecular weight excluding hydrogens is 436 g/mol. The summed E-state index contributed by atoms with van der Waals surface area (Å²) in [7, 11) is 2.02. The van der Waals surface area contributed by atoms with Gasteiger partial charge in [-0.05, 0) is 55.8 Å². The molecule has 10 heteroatoms. The average molecular weight is 460 g/mol. The van der Waals surface area contributed by atoms with Crippen molar-refractivity contribution in [3.63, 3.8) is 0 Å². The molecule has 34 heavy (non-hydrogen) atoms. The van der Waals surface area contributed by atoms with Gasteiger partial charge in [-0.3, -0.25) is 10.1 Å². The van der Waals surface area contributed by atoms with Gasteiger partial charge < -0.3 is 14.9 Å². The molecule has 10 nitrogen and oxygen atoms in total. The zero-order valence-electron chi connectivity index (χ0n) is 19.0. The van der Waals surface area contributed by atoms with Crippen molar-refractivity contribution in [3.05, 3.63) is 62.3 Å². The van der Waals surface area contributed by atoms with Crippen LogP contribution in [-0.2, 0) is 11.2 Å². The van der Waals surface area contributed by atoms with Gasteiger partial charge in [0.25, 0.3) is 5.69 Å². The van der Waals surface area contributed by atoms with Gasteiger partial charge in [0, 0.05) is 31.8 Å². The maximum Gasteiger partial charge on any atom is 0.336 e. The molecule has 0 unspecified atom stereocenters. The molecule has 174 valence electrons. The number of nitro benzene ring substituents is 1. The highest BCUT2D eigenvalue weighted by Gasteiger charge is 2.24. The van der Waals surface area contributed by atoms with Gasteiger partial charge in [-0.1, -0.05) is 6.92 Å². The summed E-state index contributed by atoms with van der Waals surface area (Å²) in [4.78, 5) is 31.3. The number of aromatic nitrogens is 1. The summed E-state index contributed by atoms with van der Waals surface area (Å²) in [5.74, 6) is -0.826. The highest BCUT2D eigenvalue weighted by molar-refractivity contribution is 6.20. The summed E-state index contributed by atoms with van der Waals surface area (Å²) >= 11 is 0. The number of rotatable bonds is 6. The van der Waals surface area contributed by atoms with Crippen LogP contribution < -0.4 is 4.90 Å². The SMILES string of the molecule is CCc1c(C#N)c(/C=C(\C(=O)O)c2ccc([N+](=O)[O-])cc2)nc(N2CCCN(C)CC2)c1C#N. The number of hydrogen-bond acceptors (Lipinski definition) is 8. The Morgan fingerprint density at radius 3 is 2.41 bits per heavy atom. The van der Waals surface area contributed by atoms with Gasteiger partial charge in [0.15, 0.2) is 0 Å². The van der Waals surface area contributed by atoms with Crippen molar-refractivity contribution in [3.8, 4) is 12.1 Å². The normalized spacial score (nSPS) is 14.7. The van der Waals surface area contributed by atoms with E-state index >= 15 is 0 Å². The molecule has 2 aromatic rings. The van der Waals surface area contributed by atoms with Crippen molar-refractivity contribution in [2.75, 3.05) is 38.1 Å². The van der Waals surface area contributed by atoms with Crippen molar-refractivity contribution in [2.45, 2.75) is 19.8 Å². The first kappa shape index (κ1) is 24.4. The summed E-state index contributed by atoms with van der Waals surface area (Å²) in [6.07, 6.45) is 2.57. The Labute approximate surface area is 197 Å². The number of hydrogen-bond donors (Lipinski definition) is 1. The second kappa shape index (κ2) is 10.6. The Bertz CT molecular complexity index is 1220. The first-order chi connectivity index (χ1) is 16.3. The van der Waals surface area contributed by atoms with E-state index in [1.54, 1.807) is 0 Å². The second-order valence-corrected chi connectivity index (χ2v) is 7.94. The molecule has 1 aliphatic rings. The lowest BCUT2D eigenvalue weighted by Gasteiger charge is -2.25. The number of nitrogens with zero attached hydrogens (tertiary/aromatic N) is 6. The number of nitro groups is 1. The number of carbonyl (C=O) groups is 1. The van der Waals surface area contributed by atoms with Gasteiger partial charge in [0.1, 0.15) is 18.0 Å². The number of carboxylic acid groups (broad SMARTS) is 1. The predicted molar refractivity (Wildman–Crippen MR) is 126 cm³/mol. The lowest BCUT2D eigenvalue weighted by Crippen LogP contribution is -2.30. The van der Waals surface area contributed by atoms with Crippen LogP contribution in [0, 0.1) is 32.8 Å². The van der Waals surface area contributed by atoms with Crippen molar-refractivity contribution in [1.82, 2.24) is 9.88 Å². The lowest BCUT2D eigenvalue weighted by molar-refractivity contribution is -0.384. The van der Waals surface area contributed by atoms with Crippen LogP contribution in [-0.4, -0.2) is 59.1 Å². The molecule has 3 rings (SSSR count). The fourth-order valence-corrected chi connectivity index (χ4v) is 4.00. The molecule has 0 atom stereocenters. The molecule has 0 amide bonds. The molecular formula is C24H24N6O4. The van der Waals surface area contributed by atoms with Crippen LogP contribution in [0.15, 0.2) is 24.3 Å². The largest absolute Gasteiger partial charge is 0.478 e. The van der Waals surface area contributed by atoms with Crippen molar-refractivity contribution in [1.29, 1.82) is 10.5 Å². The number of benzene rings is 1. The van der Waals surface area contributed by atoms with E-state index in [4.69, 9.17) is 0 Å². The lowest BCUT2D eigenvalue weighted by atomic mass is 9.96. The van der Waals surface area contributed by atoms with Crippen LogP contribution in [0.5, 0.6) is 0 Å². The third-order valence-corrected chi connectivity index (χ3v) is 5.81. The molecule has 1 aliphatic heterocycles. The molecule has 0 aliphatic carbocycles. The Morgan fingerprint density at radius 2 is 1.85 bits per heavy atom. The number of non-ortho nitro benzene ring substituents is 1. The zero-order chi connectivity index (χ0) is 24.8. The van der Waals surface area contributed by atoms with Gasteiger partial charge in [-0.25, -0.2) is 9.78 Å². The first-order valence-corrected chi connectivity index (χ1v) is 10.8. The second-order valence-electron chi connectivity index (χ2n) is 7.94. The van der Waals surface area contributed by atoms with E-state index in [0.717, 1.165) is 19.5 Å². The molecule has 0 radical (unpaired) electrons. The number of pyridine rings is 1. The quantitative estimate of drug-likeness (QED) is 0.390. The van der Waals surface area contributed by atoms with E-state index in [0.29, 0.717) is 36.5 Å². The number of anilines is 1. The van der Waals surface area contributed by atoms with E-state index < -0.39 is 10.9 Å². The highest BCUT2D eigenvalue weighted by atomic mass is 16.6. The van der Waals surface area contributed by atoms with Gasteiger partial charge >= 0.3 is 5.97 Å². The molecule has 1 aromatic carbocycles. The molecule has 1 fully saturated rings. The van der Waals surface area contributed by atoms with Crippen LogP contribution in [0.2, 0.25) is 0 Å². The topological polar surface area (TPSA) is 147 Å². The Kier molecular flexibility index (Phi) is 7.57. The maximum absolute atomic E-state index is 12.1. The zero-order valence-corrected chi connectivity index (χ0v) is 19.0. The molecule has 0 bridgehead atoms. The third-order valence-electron chi connectivity index (χ3n) is 5.81. The summed E-state index contributed by atoms with van der Waals surface area (Å²) in [5.41, 5.74) is 1.07. The molecule has 0 saturated carbocycles. The number of nitriles is 2. The van der Waals surface area contributed by atoms with E-state index in [9.17, 15) is 30.5 Å². The monoisotopic (exact) mass is 460 g/mol. The predicted octanol–water partition coefficient (Wildman–Crippen LogP) is 3.06. The van der Waals surface area contributed by atoms with Gasteiger partial charge in [-0.2, -0.15) is 10.5 Å². The van der Waals surface area contributed by atoms with E-state index in [1.807, 2.05) is 18.9 Å². The minimum absolute atomic E-state index is 0.149. The minimum atomic E-state index is -1.26. The molecule has 0 spiro atoms. The Balaban J connectivity index is 2.21. The third kappa shape index (κ3) is 5.03. The smallest absolute Gasteiger partial charge is 0.336 e. The average Bonchev–Trinajstić information content (AvgIpc) is 3.05. The highest BCUT2D eigenvalue weighted by Crippen LogP contribution is 2.30. The molecule has 1 N–H and O–H groups in total. The van der Waals surface area contributed by atoms with E-state index in [1.165, 1.54) is 30.3 Å². The van der Waals surface area contributed by atoms with Crippen molar-refractivity contribution < 1.29 is 14.8 Å². The first-order valence-electron chi connectivity index (χ1n) is 10.8. The van der Waals surface area contributed by atoms with Crippen LogP contribution in [0.3, 0.4) is 0 Å². The summed E-state index contributed by atoms with van der Waals surface area (Å²) < 4.78 is 0. The van der Waals surface area contributed by atoms with E-state index in [2.05, 4.69) is 22.0 Å². The van der Waals surface area contributed by atoms with Crippen molar-refractivity contribution >= 4 is 29.1 Å². The number of likely N-dealkylation sites (N-methyl/N-ethyl adjacent to an activating group) is 1. The Hall–Kier alpha value is -4.28. The van der Waals surface area contributed by atoms with Crippen LogP contribution in [0.25, 0.3) is 11.6 Å². The number of carboxylic acids is 1. The van der Waals surface area contributed by atoms with E-state index in [-0.39, 0.29) is 28.1 Å². The maximum atomic E-state index is 12.1.